The zero-order chi connectivity index (χ0) is 29.4. The van der Waals surface area contributed by atoms with Crippen molar-refractivity contribution in [3.8, 4) is 23.3 Å². The Morgan fingerprint density at radius 3 is 2.61 bits per heavy atom. The molecule has 2 aromatic carbocycles. The highest BCUT2D eigenvalue weighted by Crippen LogP contribution is 2.34. The first-order valence-corrected chi connectivity index (χ1v) is 13.6. The second kappa shape index (κ2) is 10.4. The van der Waals surface area contributed by atoms with Gasteiger partial charge in [0.1, 0.15) is 0 Å². The summed E-state index contributed by atoms with van der Waals surface area (Å²) in [5, 5.41) is 6.51. The molecule has 5 rings (SSSR count). The molecule has 0 radical (unpaired) electrons. The lowest BCUT2D eigenvalue weighted by Crippen LogP contribution is -2.18. The van der Waals surface area contributed by atoms with Crippen LogP contribution in [0, 0.1) is 18.8 Å². The summed E-state index contributed by atoms with van der Waals surface area (Å²) >= 11 is 0. The molecule has 0 aliphatic heterocycles. The Kier molecular flexibility index (Phi) is 6.97. The standard InChI is InChI=1S/C27H19F3N6O4S/c1-17-3-5-23(26(37)34-20-11-19(27(28,29)30)12-21(13-20)35-10-9-31-16-35)25(40-41(2,38)39)22(17)6-4-18-14-32-24-7-8-33-36(24)15-18/h3,5,7-16H,1-2H3,(H,34,37). The molecule has 14 heteroatoms. The number of fused-ring (bicyclic) bond motifs is 1. The van der Waals surface area contributed by atoms with E-state index in [1.807, 2.05) is 0 Å². The lowest BCUT2D eigenvalue weighted by molar-refractivity contribution is -0.137. The van der Waals surface area contributed by atoms with E-state index >= 15 is 0 Å². The first-order chi connectivity index (χ1) is 19.4. The fraction of sp³-hybridized carbons (Fsp3) is 0.111. The smallest absolute Gasteiger partial charge is 0.380 e. The van der Waals surface area contributed by atoms with Gasteiger partial charge >= 0.3 is 16.3 Å². The van der Waals surface area contributed by atoms with Crippen molar-refractivity contribution >= 4 is 27.4 Å². The van der Waals surface area contributed by atoms with Crippen LogP contribution in [0.2, 0.25) is 0 Å². The number of hydrogen-bond donors (Lipinski definition) is 1. The van der Waals surface area contributed by atoms with Crippen LogP contribution in [0.4, 0.5) is 18.9 Å². The van der Waals surface area contributed by atoms with Gasteiger partial charge in [0, 0.05) is 42.2 Å². The van der Waals surface area contributed by atoms with Crippen LogP contribution in [0.5, 0.6) is 5.75 Å². The maximum atomic E-state index is 13.6. The molecule has 0 unspecified atom stereocenters. The van der Waals surface area contributed by atoms with Gasteiger partial charge in [-0.25, -0.2) is 14.5 Å². The number of hydrogen-bond acceptors (Lipinski definition) is 7. The van der Waals surface area contributed by atoms with Crippen molar-refractivity contribution in [1.82, 2.24) is 24.1 Å². The van der Waals surface area contributed by atoms with Crippen LogP contribution in [-0.4, -0.2) is 44.7 Å². The second-order valence-electron chi connectivity index (χ2n) is 8.84. The number of nitrogens with zero attached hydrogens (tertiary/aromatic N) is 5. The number of alkyl halides is 3. The fourth-order valence-corrected chi connectivity index (χ4v) is 4.34. The van der Waals surface area contributed by atoms with Crippen LogP contribution >= 0.6 is 0 Å². The highest BCUT2D eigenvalue weighted by atomic mass is 32.2. The first-order valence-electron chi connectivity index (χ1n) is 11.7. The molecule has 10 nitrogen and oxygen atoms in total. The molecular weight excluding hydrogens is 561 g/mol. The van der Waals surface area contributed by atoms with Gasteiger partial charge in [-0.3, -0.25) is 4.79 Å². The highest BCUT2D eigenvalue weighted by molar-refractivity contribution is 7.86. The van der Waals surface area contributed by atoms with E-state index in [-0.39, 0.29) is 28.3 Å². The minimum Gasteiger partial charge on any atom is -0.380 e. The largest absolute Gasteiger partial charge is 0.416 e. The van der Waals surface area contributed by atoms with Crippen LogP contribution in [0.25, 0.3) is 11.3 Å². The molecule has 0 bridgehead atoms. The summed E-state index contributed by atoms with van der Waals surface area (Å²) in [4.78, 5) is 21.4. The third-order valence-corrected chi connectivity index (χ3v) is 6.20. The maximum absolute atomic E-state index is 13.6. The Balaban J connectivity index is 1.57. The van der Waals surface area contributed by atoms with Crippen LogP contribution in [0.3, 0.4) is 0 Å². The molecule has 0 aliphatic rings. The number of anilines is 1. The zero-order valence-electron chi connectivity index (χ0n) is 21.3. The Morgan fingerprint density at radius 2 is 1.90 bits per heavy atom. The lowest BCUT2D eigenvalue weighted by atomic mass is 10.0. The molecule has 0 fully saturated rings. The minimum absolute atomic E-state index is 0.0896. The number of halogens is 3. The average molecular weight is 581 g/mol. The van der Waals surface area contributed by atoms with Gasteiger partial charge < -0.3 is 14.1 Å². The predicted molar refractivity (Wildman–Crippen MR) is 142 cm³/mol. The van der Waals surface area contributed by atoms with Gasteiger partial charge in [-0.1, -0.05) is 17.9 Å². The van der Waals surface area contributed by atoms with E-state index in [1.54, 1.807) is 25.4 Å². The molecule has 41 heavy (non-hydrogen) atoms. The quantitative estimate of drug-likeness (QED) is 0.244. The van der Waals surface area contributed by atoms with Crippen LogP contribution in [0.1, 0.15) is 32.6 Å². The molecule has 1 amide bonds. The predicted octanol–water partition coefficient (Wildman–Crippen LogP) is 4.23. The van der Waals surface area contributed by atoms with Gasteiger partial charge in [0.15, 0.2) is 11.4 Å². The van der Waals surface area contributed by atoms with Gasteiger partial charge in [-0.2, -0.15) is 26.7 Å². The molecule has 5 aromatic rings. The highest BCUT2D eigenvalue weighted by Gasteiger charge is 2.32. The van der Waals surface area contributed by atoms with Gasteiger partial charge in [-0.05, 0) is 36.8 Å². The summed E-state index contributed by atoms with van der Waals surface area (Å²) in [6, 6.07) is 7.51. The Morgan fingerprint density at radius 1 is 1.10 bits per heavy atom. The molecule has 0 saturated carbocycles. The number of carbonyl (C=O) groups excluding carboxylic acids is 1. The van der Waals surface area contributed by atoms with E-state index in [0.717, 1.165) is 18.4 Å². The summed E-state index contributed by atoms with van der Waals surface area (Å²) in [6.07, 6.45) is 4.92. The number of rotatable bonds is 5. The molecule has 3 aromatic heterocycles. The monoisotopic (exact) mass is 580 g/mol. The van der Waals surface area contributed by atoms with E-state index in [4.69, 9.17) is 4.18 Å². The number of nitrogens with one attached hydrogen (secondary N) is 1. The molecule has 0 atom stereocenters. The van der Waals surface area contributed by atoms with E-state index in [0.29, 0.717) is 16.8 Å². The van der Waals surface area contributed by atoms with Crippen molar-refractivity contribution in [1.29, 1.82) is 0 Å². The van der Waals surface area contributed by atoms with Gasteiger partial charge in [0.25, 0.3) is 5.91 Å². The van der Waals surface area contributed by atoms with E-state index in [2.05, 4.69) is 32.2 Å². The van der Waals surface area contributed by atoms with Crippen molar-refractivity contribution in [3.05, 3.63) is 102 Å². The normalized spacial score (nSPS) is 11.6. The van der Waals surface area contributed by atoms with Crippen LogP contribution < -0.4 is 9.50 Å². The van der Waals surface area contributed by atoms with Crippen LogP contribution in [-0.2, 0) is 16.3 Å². The summed E-state index contributed by atoms with van der Waals surface area (Å²) < 4.78 is 73.3. The lowest BCUT2D eigenvalue weighted by Gasteiger charge is -2.16. The number of aryl methyl sites for hydroxylation is 1. The molecule has 3 heterocycles. The first kappa shape index (κ1) is 27.4. The average Bonchev–Trinajstić information content (AvgIpc) is 3.59. The Hall–Kier alpha value is -5.16. The van der Waals surface area contributed by atoms with Gasteiger partial charge in [0.05, 0.1) is 41.0 Å². The summed E-state index contributed by atoms with van der Waals surface area (Å²) in [5.74, 6) is 4.41. The van der Waals surface area contributed by atoms with Crippen molar-refractivity contribution in [2.45, 2.75) is 13.1 Å². The van der Waals surface area contributed by atoms with E-state index in [1.165, 1.54) is 52.2 Å². The molecule has 208 valence electrons. The van der Waals surface area contributed by atoms with Crippen molar-refractivity contribution in [3.63, 3.8) is 0 Å². The number of aromatic nitrogens is 5. The molecule has 0 aliphatic carbocycles. The van der Waals surface area contributed by atoms with Crippen molar-refractivity contribution < 1.29 is 30.6 Å². The van der Waals surface area contributed by atoms with E-state index < -0.39 is 27.8 Å². The van der Waals surface area contributed by atoms with Crippen molar-refractivity contribution in [2.24, 2.45) is 0 Å². The zero-order valence-corrected chi connectivity index (χ0v) is 22.2. The third-order valence-electron chi connectivity index (χ3n) is 5.73. The molecule has 0 spiro atoms. The topological polar surface area (TPSA) is 120 Å². The van der Waals surface area contributed by atoms with Crippen LogP contribution in [0.15, 0.2) is 73.7 Å². The van der Waals surface area contributed by atoms with E-state index in [9.17, 15) is 26.4 Å². The Labute approximate surface area is 231 Å². The number of imidazole rings is 1. The number of amides is 1. The van der Waals surface area contributed by atoms with Gasteiger partial charge in [-0.15, -0.1) is 0 Å². The SMILES string of the molecule is Cc1ccc(C(=O)Nc2cc(-n3ccnc3)cc(C(F)(F)F)c2)c(OS(C)(=O)=O)c1C#Cc1cnc2ccnn2c1. The Bertz CT molecular complexity index is 1960. The second-order valence-corrected chi connectivity index (χ2v) is 10.4. The number of benzene rings is 2. The molecular formula is C27H19F3N6O4S. The summed E-state index contributed by atoms with van der Waals surface area (Å²) in [5.41, 5.74) is 0.254. The fourth-order valence-electron chi connectivity index (χ4n) is 3.87. The summed E-state index contributed by atoms with van der Waals surface area (Å²) in [6.45, 7) is 1.64. The summed E-state index contributed by atoms with van der Waals surface area (Å²) in [7, 11) is -4.15. The van der Waals surface area contributed by atoms with Gasteiger partial charge in [0.2, 0.25) is 0 Å². The number of carbonyl (C=O) groups is 1. The molecule has 1 N–H and O–H groups in total. The minimum atomic E-state index is -4.71. The third kappa shape index (κ3) is 6.20. The molecule has 0 saturated heterocycles. The van der Waals surface area contributed by atoms with Crippen molar-refractivity contribution in [2.75, 3.05) is 11.6 Å². The maximum Gasteiger partial charge on any atom is 0.416 e.